The highest BCUT2D eigenvalue weighted by molar-refractivity contribution is 5.94. The van der Waals surface area contributed by atoms with Crippen LogP contribution in [0, 0.1) is 6.92 Å². The largest absolute Gasteiger partial charge is 0.384 e. The van der Waals surface area contributed by atoms with Crippen LogP contribution in [0.5, 0.6) is 0 Å². The van der Waals surface area contributed by atoms with Crippen molar-refractivity contribution in [3.05, 3.63) is 64.7 Å². The molecule has 3 heteroatoms. The van der Waals surface area contributed by atoms with Crippen molar-refractivity contribution in [3.63, 3.8) is 0 Å². The number of hydrogen-bond acceptors (Lipinski definition) is 2. The highest BCUT2D eigenvalue weighted by Crippen LogP contribution is 2.31. The van der Waals surface area contributed by atoms with Gasteiger partial charge in [-0.25, -0.2) is 0 Å². The number of nitrogens with zero attached hydrogens (tertiary/aromatic N) is 1. The van der Waals surface area contributed by atoms with Crippen molar-refractivity contribution < 1.29 is 9.90 Å². The third-order valence-corrected chi connectivity index (χ3v) is 4.56. The highest BCUT2D eigenvalue weighted by Gasteiger charge is 2.22. The van der Waals surface area contributed by atoms with Crippen LogP contribution in [0.15, 0.2) is 42.5 Å². The Morgan fingerprint density at radius 2 is 1.78 bits per heavy atom. The van der Waals surface area contributed by atoms with E-state index in [-0.39, 0.29) is 5.91 Å². The molecule has 1 N–H and O–H groups in total. The molecule has 3 rings (SSSR count). The van der Waals surface area contributed by atoms with Crippen LogP contribution in [0.4, 0.5) is 5.69 Å². The van der Waals surface area contributed by atoms with Crippen LogP contribution in [-0.2, 0) is 11.2 Å². The molecule has 120 valence electrons. The lowest BCUT2D eigenvalue weighted by atomic mass is 9.96. The van der Waals surface area contributed by atoms with E-state index in [1.54, 1.807) is 0 Å². The van der Waals surface area contributed by atoms with Crippen LogP contribution in [0.25, 0.3) is 0 Å². The van der Waals surface area contributed by atoms with Gasteiger partial charge in [-0.2, -0.15) is 0 Å². The molecular formula is C20H23NO2. The Labute approximate surface area is 137 Å². The zero-order valence-corrected chi connectivity index (χ0v) is 13.7. The van der Waals surface area contributed by atoms with E-state index in [1.807, 2.05) is 55.1 Å². The van der Waals surface area contributed by atoms with E-state index in [4.69, 9.17) is 0 Å². The average Bonchev–Trinajstić information content (AvgIpc) is 2.72. The van der Waals surface area contributed by atoms with Crippen molar-refractivity contribution in [2.45, 2.75) is 39.2 Å². The molecular weight excluding hydrogens is 286 g/mol. The van der Waals surface area contributed by atoms with E-state index in [9.17, 15) is 9.90 Å². The second kappa shape index (κ2) is 6.55. The third kappa shape index (κ3) is 3.15. The van der Waals surface area contributed by atoms with E-state index in [2.05, 4.69) is 6.07 Å². The summed E-state index contributed by atoms with van der Waals surface area (Å²) >= 11 is 0. The Kier molecular flexibility index (Phi) is 4.49. The van der Waals surface area contributed by atoms with E-state index in [0.717, 1.165) is 35.2 Å². The number of amides is 1. The van der Waals surface area contributed by atoms with Crippen molar-refractivity contribution in [1.82, 2.24) is 0 Å². The SMILES string of the molecule is CCN1C(=O)CCCc2cc(C(O)c3ccc(C)cc3)ccc21. The molecule has 1 heterocycles. The number of carbonyl (C=O) groups is 1. The first-order chi connectivity index (χ1) is 11.1. The molecule has 2 aromatic carbocycles. The summed E-state index contributed by atoms with van der Waals surface area (Å²) in [7, 11) is 0. The fraction of sp³-hybridized carbons (Fsp3) is 0.350. The molecule has 0 saturated heterocycles. The van der Waals surface area contributed by atoms with Crippen LogP contribution in [0.1, 0.15) is 48.1 Å². The van der Waals surface area contributed by atoms with Gasteiger partial charge in [-0.15, -0.1) is 0 Å². The average molecular weight is 309 g/mol. The number of aliphatic hydroxyl groups is 1. The second-order valence-electron chi connectivity index (χ2n) is 6.19. The van der Waals surface area contributed by atoms with Crippen molar-refractivity contribution in [2.75, 3.05) is 11.4 Å². The lowest BCUT2D eigenvalue weighted by Gasteiger charge is -2.22. The van der Waals surface area contributed by atoms with E-state index >= 15 is 0 Å². The molecule has 0 saturated carbocycles. The Morgan fingerprint density at radius 1 is 1.09 bits per heavy atom. The van der Waals surface area contributed by atoms with Gasteiger partial charge in [0.25, 0.3) is 0 Å². The van der Waals surface area contributed by atoms with Crippen LogP contribution in [0.2, 0.25) is 0 Å². The van der Waals surface area contributed by atoms with Gasteiger partial charge >= 0.3 is 0 Å². The summed E-state index contributed by atoms with van der Waals surface area (Å²) in [6.45, 7) is 4.72. The first kappa shape index (κ1) is 15.8. The molecule has 3 nitrogen and oxygen atoms in total. The zero-order chi connectivity index (χ0) is 16.4. The number of aryl methyl sites for hydroxylation is 2. The number of anilines is 1. The maximum atomic E-state index is 12.2. The number of benzene rings is 2. The molecule has 0 spiro atoms. The first-order valence-corrected chi connectivity index (χ1v) is 8.28. The van der Waals surface area contributed by atoms with E-state index < -0.39 is 6.10 Å². The number of rotatable bonds is 3. The Balaban J connectivity index is 1.95. The van der Waals surface area contributed by atoms with Crippen LogP contribution < -0.4 is 4.90 Å². The molecule has 0 fully saturated rings. The molecule has 1 amide bonds. The molecule has 0 aliphatic carbocycles. The van der Waals surface area contributed by atoms with Crippen molar-refractivity contribution >= 4 is 11.6 Å². The minimum absolute atomic E-state index is 0.193. The molecule has 0 radical (unpaired) electrons. The van der Waals surface area contributed by atoms with Crippen molar-refractivity contribution in [3.8, 4) is 0 Å². The minimum atomic E-state index is -0.630. The molecule has 2 aromatic rings. The van der Waals surface area contributed by atoms with Gasteiger partial charge in [-0.05, 0) is 49.4 Å². The summed E-state index contributed by atoms with van der Waals surface area (Å²) in [4.78, 5) is 14.0. The van der Waals surface area contributed by atoms with Gasteiger partial charge in [0, 0.05) is 18.7 Å². The number of hydrogen-bond donors (Lipinski definition) is 1. The lowest BCUT2D eigenvalue weighted by Crippen LogP contribution is -2.29. The molecule has 23 heavy (non-hydrogen) atoms. The van der Waals surface area contributed by atoms with Gasteiger partial charge in [-0.3, -0.25) is 4.79 Å². The van der Waals surface area contributed by atoms with Gasteiger partial charge in [-0.1, -0.05) is 42.0 Å². The summed E-state index contributed by atoms with van der Waals surface area (Å²) in [5.41, 5.74) is 5.11. The summed E-state index contributed by atoms with van der Waals surface area (Å²) in [6.07, 6.45) is 1.71. The molecule has 1 unspecified atom stereocenters. The van der Waals surface area contributed by atoms with E-state index in [0.29, 0.717) is 13.0 Å². The molecule has 1 aliphatic rings. The van der Waals surface area contributed by atoms with Crippen LogP contribution >= 0.6 is 0 Å². The standard InChI is InChI=1S/C20H23NO2/c1-3-21-18-12-11-17(13-16(18)5-4-6-19(21)22)20(23)15-9-7-14(2)8-10-15/h7-13,20,23H,3-6H2,1-2H3. The predicted molar refractivity (Wildman–Crippen MR) is 92.6 cm³/mol. The lowest BCUT2D eigenvalue weighted by molar-refractivity contribution is -0.118. The fourth-order valence-corrected chi connectivity index (χ4v) is 3.23. The fourth-order valence-electron chi connectivity index (χ4n) is 3.23. The Hall–Kier alpha value is -2.13. The third-order valence-electron chi connectivity index (χ3n) is 4.56. The second-order valence-corrected chi connectivity index (χ2v) is 6.19. The van der Waals surface area contributed by atoms with Gasteiger partial charge < -0.3 is 10.0 Å². The highest BCUT2D eigenvalue weighted by atomic mass is 16.3. The normalized spacial score (nSPS) is 16.0. The van der Waals surface area contributed by atoms with Gasteiger partial charge in [0.05, 0.1) is 0 Å². The van der Waals surface area contributed by atoms with Gasteiger partial charge in [0.15, 0.2) is 0 Å². The quantitative estimate of drug-likeness (QED) is 0.937. The number of carbonyl (C=O) groups excluding carboxylic acids is 1. The molecule has 0 aromatic heterocycles. The van der Waals surface area contributed by atoms with Crippen LogP contribution in [-0.4, -0.2) is 17.6 Å². The Bertz CT molecular complexity index is 706. The predicted octanol–water partition coefficient (Wildman–Crippen LogP) is 3.77. The topological polar surface area (TPSA) is 40.5 Å². The summed E-state index contributed by atoms with van der Waals surface area (Å²) in [5.74, 6) is 0.193. The summed E-state index contributed by atoms with van der Waals surface area (Å²) in [5, 5.41) is 10.6. The monoisotopic (exact) mass is 309 g/mol. The van der Waals surface area contributed by atoms with Gasteiger partial charge in [0.1, 0.15) is 6.10 Å². The molecule has 1 atom stereocenters. The summed E-state index contributed by atoms with van der Waals surface area (Å²) in [6, 6.07) is 13.9. The summed E-state index contributed by atoms with van der Waals surface area (Å²) < 4.78 is 0. The maximum Gasteiger partial charge on any atom is 0.226 e. The zero-order valence-electron chi connectivity index (χ0n) is 13.7. The minimum Gasteiger partial charge on any atom is -0.384 e. The van der Waals surface area contributed by atoms with Crippen molar-refractivity contribution in [1.29, 1.82) is 0 Å². The number of fused-ring (bicyclic) bond motifs is 1. The molecule has 1 aliphatic heterocycles. The smallest absolute Gasteiger partial charge is 0.226 e. The van der Waals surface area contributed by atoms with Crippen LogP contribution in [0.3, 0.4) is 0 Å². The van der Waals surface area contributed by atoms with Gasteiger partial charge in [0.2, 0.25) is 5.91 Å². The Morgan fingerprint density at radius 3 is 2.48 bits per heavy atom. The number of aliphatic hydroxyl groups excluding tert-OH is 1. The maximum absolute atomic E-state index is 12.2. The van der Waals surface area contributed by atoms with Crippen molar-refractivity contribution in [2.24, 2.45) is 0 Å². The molecule has 0 bridgehead atoms. The first-order valence-electron chi connectivity index (χ1n) is 8.28. The van der Waals surface area contributed by atoms with E-state index in [1.165, 1.54) is 5.56 Å².